The third kappa shape index (κ3) is 3.26. The summed E-state index contributed by atoms with van der Waals surface area (Å²) in [6.45, 7) is 1.60. The van der Waals surface area contributed by atoms with Crippen LogP contribution in [0.4, 0.5) is 5.69 Å². The van der Waals surface area contributed by atoms with Gasteiger partial charge in [0.25, 0.3) is 0 Å². The predicted octanol–water partition coefficient (Wildman–Crippen LogP) is 2.12. The lowest BCUT2D eigenvalue weighted by Crippen LogP contribution is -2.01. The van der Waals surface area contributed by atoms with Crippen LogP contribution in [0.25, 0.3) is 0 Å². The summed E-state index contributed by atoms with van der Waals surface area (Å²) in [4.78, 5) is 15.0. The lowest BCUT2D eigenvalue weighted by atomic mass is 10.3. The number of rotatable bonds is 3. The van der Waals surface area contributed by atoms with Crippen LogP contribution in [0.5, 0.6) is 5.75 Å². The summed E-state index contributed by atoms with van der Waals surface area (Å²) in [6, 6.07) is 7.12. The fourth-order valence-corrected chi connectivity index (χ4v) is 1.00. The number of ether oxygens (including phenoxy) is 2. The second-order valence-corrected chi connectivity index (χ2v) is 3.04. The molecule has 0 aromatic heterocycles. The van der Waals surface area contributed by atoms with Gasteiger partial charge in [-0.2, -0.15) is 0 Å². The van der Waals surface area contributed by atoms with E-state index in [9.17, 15) is 4.79 Å². The molecular formula is C12H13NO3. The zero-order valence-corrected chi connectivity index (χ0v) is 9.48. The van der Waals surface area contributed by atoms with E-state index in [4.69, 9.17) is 4.74 Å². The molecule has 4 nitrogen and oxygen atoms in total. The van der Waals surface area contributed by atoms with Crippen molar-refractivity contribution in [1.29, 1.82) is 0 Å². The summed E-state index contributed by atoms with van der Waals surface area (Å²) in [5.41, 5.74) is 1.03. The second kappa shape index (κ2) is 5.73. The minimum Gasteiger partial charge on any atom is -0.497 e. The SMILES string of the molecule is COC(=O)C(C)=C=Nc1ccc(OC)cc1. The monoisotopic (exact) mass is 219 g/mol. The van der Waals surface area contributed by atoms with E-state index in [1.54, 1.807) is 38.3 Å². The first-order valence-corrected chi connectivity index (χ1v) is 4.70. The zero-order valence-electron chi connectivity index (χ0n) is 9.48. The quantitative estimate of drug-likeness (QED) is 0.444. The highest BCUT2D eigenvalue weighted by Crippen LogP contribution is 2.16. The maximum atomic E-state index is 11.0. The van der Waals surface area contributed by atoms with Crippen LogP contribution in [-0.2, 0) is 9.53 Å². The molecule has 0 atom stereocenters. The molecule has 1 aromatic carbocycles. The molecule has 0 saturated heterocycles. The third-order valence-electron chi connectivity index (χ3n) is 1.92. The van der Waals surface area contributed by atoms with Crippen LogP contribution in [0.15, 0.2) is 34.8 Å². The third-order valence-corrected chi connectivity index (χ3v) is 1.92. The van der Waals surface area contributed by atoms with Crippen LogP contribution in [0.2, 0.25) is 0 Å². The van der Waals surface area contributed by atoms with Gasteiger partial charge >= 0.3 is 5.97 Å². The number of benzene rings is 1. The van der Waals surface area contributed by atoms with Gasteiger partial charge in [0.2, 0.25) is 0 Å². The van der Waals surface area contributed by atoms with Crippen molar-refractivity contribution in [2.24, 2.45) is 4.99 Å². The number of carbonyl (C=O) groups excluding carboxylic acids is 1. The van der Waals surface area contributed by atoms with Gasteiger partial charge in [-0.25, -0.2) is 9.79 Å². The Labute approximate surface area is 94.2 Å². The van der Waals surface area contributed by atoms with E-state index in [0.717, 1.165) is 5.75 Å². The number of esters is 1. The summed E-state index contributed by atoms with van der Waals surface area (Å²) in [5.74, 6) is 2.94. The lowest BCUT2D eigenvalue weighted by molar-refractivity contribution is -0.135. The number of hydrogen-bond acceptors (Lipinski definition) is 4. The first-order chi connectivity index (χ1) is 7.67. The summed E-state index contributed by atoms with van der Waals surface area (Å²) in [7, 11) is 2.92. The van der Waals surface area contributed by atoms with Crippen molar-refractivity contribution in [3.8, 4) is 5.75 Å². The van der Waals surface area contributed by atoms with Gasteiger partial charge in [-0.05, 0) is 37.1 Å². The fourth-order valence-electron chi connectivity index (χ4n) is 1.00. The molecule has 0 radical (unpaired) electrons. The predicted molar refractivity (Wildman–Crippen MR) is 61.3 cm³/mol. The van der Waals surface area contributed by atoms with Crippen molar-refractivity contribution in [1.82, 2.24) is 0 Å². The maximum absolute atomic E-state index is 11.0. The van der Waals surface area contributed by atoms with E-state index in [1.807, 2.05) is 0 Å². The molecule has 1 aromatic rings. The summed E-state index contributed by atoms with van der Waals surface area (Å²) in [5, 5.41) is 0. The largest absolute Gasteiger partial charge is 0.497 e. The number of carbonyl (C=O) groups is 1. The number of methoxy groups -OCH3 is 2. The van der Waals surface area contributed by atoms with E-state index in [-0.39, 0.29) is 0 Å². The standard InChI is InChI=1S/C12H13NO3/c1-9(12(14)16-3)8-13-10-4-6-11(15-2)7-5-10/h4-7H,1-3H3. The minimum absolute atomic E-state index is 0.332. The molecular weight excluding hydrogens is 206 g/mol. The van der Waals surface area contributed by atoms with Gasteiger partial charge in [-0.3, -0.25) is 0 Å². The van der Waals surface area contributed by atoms with Gasteiger partial charge in [0.05, 0.1) is 25.5 Å². The summed E-state index contributed by atoms with van der Waals surface area (Å²) < 4.78 is 9.53. The molecule has 84 valence electrons. The Bertz CT molecular complexity index is 428. The van der Waals surface area contributed by atoms with Gasteiger partial charge in [0.1, 0.15) is 5.75 Å². The highest BCUT2D eigenvalue weighted by molar-refractivity contribution is 5.97. The molecule has 1 rings (SSSR count). The molecule has 0 spiro atoms. The van der Waals surface area contributed by atoms with Crippen LogP contribution < -0.4 is 4.74 Å². The first kappa shape index (κ1) is 12.0. The van der Waals surface area contributed by atoms with Crippen LogP contribution >= 0.6 is 0 Å². The Balaban J connectivity index is 2.87. The van der Waals surface area contributed by atoms with Gasteiger partial charge < -0.3 is 9.47 Å². The molecule has 0 saturated carbocycles. The van der Waals surface area contributed by atoms with Crippen molar-refractivity contribution in [2.75, 3.05) is 14.2 Å². The van der Waals surface area contributed by atoms with Gasteiger partial charge in [-0.15, -0.1) is 0 Å². The fraction of sp³-hybridized carbons (Fsp3) is 0.250. The van der Waals surface area contributed by atoms with Crippen molar-refractivity contribution < 1.29 is 14.3 Å². The van der Waals surface area contributed by atoms with Crippen molar-refractivity contribution in [3.05, 3.63) is 29.8 Å². The van der Waals surface area contributed by atoms with Crippen LogP contribution in [0.3, 0.4) is 0 Å². The van der Waals surface area contributed by atoms with Crippen molar-refractivity contribution >= 4 is 17.5 Å². The molecule has 0 aliphatic carbocycles. The molecule has 0 bridgehead atoms. The first-order valence-electron chi connectivity index (χ1n) is 4.70. The molecule has 16 heavy (non-hydrogen) atoms. The molecule has 0 aliphatic heterocycles. The number of nitrogens with zero attached hydrogens (tertiary/aromatic N) is 1. The van der Waals surface area contributed by atoms with E-state index in [2.05, 4.69) is 15.6 Å². The molecule has 0 N–H and O–H groups in total. The smallest absolute Gasteiger partial charge is 0.342 e. The minimum atomic E-state index is -0.433. The number of aliphatic imine (C=N–C) groups is 1. The van der Waals surface area contributed by atoms with Crippen molar-refractivity contribution in [3.63, 3.8) is 0 Å². The average Bonchev–Trinajstić information content (AvgIpc) is 2.35. The molecule has 0 fully saturated rings. The van der Waals surface area contributed by atoms with Gasteiger partial charge in [0.15, 0.2) is 0 Å². The van der Waals surface area contributed by atoms with Crippen molar-refractivity contribution in [2.45, 2.75) is 6.92 Å². The summed E-state index contributed by atoms with van der Waals surface area (Å²) >= 11 is 0. The Morgan fingerprint density at radius 1 is 1.25 bits per heavy atom. The molecule has 0 aliphatic rings. The van der Waals surface area contributed by atoms with Gasteiger partial charge in [-0.1, -0.05) is 0 Å². The normalized spacial score (nSPS) is 8.94. The zero-order chi connectivity index (χ0) is 12.0. The molecule has 4 heteroatoms. The van der Waals surface area contributed by atoms with Crippen LogP contribution in [0.1, 0.15) is 6.92 Å². The Morgan fingerprint density at radius 2 is 1.88 bits per heavy atom. The topological polar surface area (TPSA) is 47.9 Å². The lowest BCUT2D eigenvalue weighted by Gasteiger charge is -1.97. The maximum Gasteiger partial charge on any atom is 0.342 e. The second-order valence-electron chi connectivity index (χ2n) is 3.04. The van der Waals surface area contributed by atoms with E-state index < -0.39 is 5.97 Å². The van der Waals surface area contributed by atoms with Crippen LogP contribution in [-0.4, -0.2) is 26.1 Å². The summed E-state index contributed by atoms with van der Waals surface area (Å²) in [6.07, 6.45) is 0. The Hall–Kier alpha value is -2.06. The van der Waals surface area contributed by atoms with E-state index in [1.165, 1.54) is 7.11 Å². The van der Waals surface area contributed by atoms with E-state index in [0.29, 0.717) is 11.3 Å². The number of hydrogen-bond donors (Lipinski definition) is 0. The molecule has 0 amide bonds. The van der Waals surface area contributed by atoms with Crippen LogP contribution in [0, 0.1) is 0 Å². The average molecular weight is 219 g/mol. The van der Waals surface area contributed by atoms with Gasteiger partial charge in [0, 0.05) is 0 Å². The highest BCUT2D eigenvalue weighted by Gasteiger charge is 2.00. The molecule has 0 unspecified atom stereocenters. The van der Waals surface area contributed by atoms with E-state index >= 15 is 0 Å². The molecule has 0 heterocycles. The Morgan fingerprint density at radius 3 is 2.38 bits per heavy atom. The highest BCUT2D eigenvalue weighted by atomic mass is 16.5. The Kier molecular flexibility index (Phi) is 4.30.